The van der Waals surface area contributed by atoms with Gasteiger partial charge in [-0.25, -0.2) is 28.5 Å². The number of phenolic OH excluding ortho intramolecular Hbond substituents is 1. The third-order valence-electron chi connectivity index (χ3n) is 10.2. The Balaban J connectivity index is 1.33. The van der Waals surface area contributed by atoms with Gasteiger partial charge in [0, 0.05) is 51.5 Å². The minimum atomic E-state index is -2.03. The molecule has 1 aliphatic carbocycles. The first-order chi connectivity index (χ1) is 24.1. The number of fused-ring (bicyclic) bond motifs is 5. The van der Waals surface area contributed by atoms with Crippen molar-refractivity contribution >= 4 is 62.0 Å². The summed E-state index contributed by atoms with van der Waals surface area (Å²) >= 11 is 17.8. The molecule has 1 saturated heterocycles. The fourth-order valence-corrected chi connectivity index (χ4v) is 9.08. The quantitative estimate of drug-likeness (QED) is 0.166. The monoisotopic (exact) mass is 804 g/mol. The van der Waals surface area contributed by atoms with Crippen molar-refractivity contribution in [2.75, 3.05) is 28.4 Å². The summed E-state index contributed by atoms with van der Waals surface area (Å²) in [7, 11) is 7.19. The topological polar surface area (TPSA) is 169 Å². The molecule has 1 N–H and O–H groups in total. The molecule has 4 heterocycles. The van der Waals surface area contributed by atoms with Gasteiger partial charge in [-0.2, -0.15) is 0 Å². The molecule has 7 rings (SSSR count). The molecule has 0 bridgehead atoms. The number of methoxy groups -OCH3 is 3. The number of carbonyl (C=O) groups excluding carboxylic acids is 2. The van der Waals surface area contributed by atoms with Gasteiger partial charge in [0.25, 0.3) is 17.4 Å². The third kappa shape index (κ3) is 4.68. The van der Waals surface area contributed by atoms with Crippen LogP contribution in [0.1, 0.15) is 29.6 Å². The summed E-state index contributed by atoms with van der Waals surface area (Å²) in [6.07, 6.45) is 1.35. The number of benzene rings is 2. The van der Waals surface area contributed by atoms with Crippen LogP contribution in [-0.2, 0) is 36.1 Å². The van der Waals surface area contributed by atoms with Crippen LogP contribution in [0.5, 0.6) is 23.0 Å². The second kappa shape index (κ2) is 12.0. The second-order valence-corrected chi connectivity index (χ2v) is 14.7. The predicted molar refractivity (Wildman–Crippen MR) is 189 cm³/mol. The van der Waals surface area contributed by atoms with E-state index >= 15 is 0 Å². The van der Waals surface area contributed by atoms with E-state index in [1.807, 2.05) is 0 Å². The number of rotatable bonds is 7. The number of imide groups is 1. The van der Waals surface area contributed by atoms with Crippen molar-refractivity contribution in [3.63, 3.8) is 0 Å². The maximum Gasteiger partial charge on any atom is 0.347 e. The van der Waals surface area contributed by atoms with Crippen LogP contribution in [0.3, 0.4) is 0 Å². The first kappa shape index (κ1) is 34.9. The van der Waals surface area contributed by atoms with Crippen LogP contribution >= 0.6 is 39.1 Å². The van der Waals surface area contributed by atoms with E-state index in [1.54, 1.807) is 31.3 Å². The summed E-state index contributed by atoms with van der Waals surface area (Å²) in [5, 5.41) is 10.6. The molecule has 18 heteroatoms. The number of halogens is 3. The standard InChI is InChI=1S/C33H31BrCl2N6O9/c1-38-20-13-23(50-4)22(49-3)12-19(20)37-18(27(38)44)7-8-40-30(47)41-9-6-16-21(42(41)31(40)48)14-32(35)28(45)39(2)29(46)33(32,36)25(16)15-10-17(34)26(43)24(11-15)51-5/h6,10-13,21,25,43H,7-9,14H2,1-5H3/t21-,25+,32-,33+/m1/s1. The largest absolute Gasteiger partial charge is 0.503 e. The molecule has 4 atom stereocenters. The van der Waals surface area contributed by atoms with Crippen molar-refractivity contribution in [2.24, 2.45) is 7.05 Å². The number of aromatic nitrogens is 5. The lowest BCUT2D eigenvalue weighted by molar-refractivity contribution is -0.137. The lowest BCUT2D eigenvalue weighted by atomic mass is 9.64. The van der Waals surface area contributed by atoms with Crippen LogP contribution in [-0.4, -0.2) is 83.4 Å². The number of ether oxygens (including phenoxy) is 3. The van der Waals surface area contributed by atoms with Crippen LogP contribution in [0.15, 0.2) is 54.8 Å². The minimum absolute atomic E-state index is 0.0625. The highest BCUT2D eigenvalue weighted by atomic mass is 79.9. The van der Waals surface area contributed by atoms with Gasteiger partial charge >= 0.3 is 11.4 Å². The van der Waals surface area contributed by atoms with Gasteiger partial charge in [0.15, 0.2) is 32.7 Å². The van der Waals surface area contributed by atoms with Crippen molar-refractivity contribution in [2.45, 2.75) is 47.6 Å². The van der Waals surface area contributed by atoms with Gasteiger partial charge in [0.2, 0.25) is 0 Å². The number of hydrogen-bond donors (Lipinski definition) is 1. The zero-order chi connectivity index (χ0) is 36.9. The molecule has 1 saturated carbocycles. The van der Waals surface area contributed by atoms with E-state index in [-0.39, 0.29) is 47.6 Å². The summed E-state index contributed by atoms with van der Waals surface area (Å²) in [6, 6.07) is 5.33. The third-order valence-corrected chi connectivity index (χ3v) is 12.2. The van der Waals surface area contributed by atoms with E-state index in [2.05, 4.69) is 20.9 Å². The van der Waals surface area contributed by atoms with Gasteiger partial charge in [0.1, 0.15) is 5.69 Å². The van der Waals surface area contributed by atoms with Crippen LogP contribution in [0.4, 0.5) is 0 Å². The lowest BCUT2D eigenvalue weighted by Gasteiger charge is -2.49. The van der Waals surface area contributed by atoms with Crippen molar-refractivity contribution in [1.82, 2.24) is 28.4 Å². The first-order valence-corrected chi connectivity index (χ1v) is 17.2. The van der Waals surface area contributed by atoms with E-state index < -0.39 is 50.5 Å². The van der Waals surface area contributed by atoms with Crippen molar-refractivity contribution in [1.29, 1.82) is 0 Å². The van der Waals surface area contributed by atoms with Crippen molar-refractivity contribution in [3.05, 3.63) is 83.0 Å². The Hall–Kier alpha value is -4.54. The van der Waals surface area contributed by atoms with Gasteiger partial charge in [-0.1, -0.05) is 6.08 Å². The van der Waals surface area contributed by atoms with Crippen LogP contribution in [0, 0.1) is 0 Å². The molecule has 0 unspecified atom stereocenters. The van der Waals surface area contributed by atoms with Crippen LogP contribution in [0.25, 0.3) is 11.0 Å². The predicted octanol–water partition coefficient (Wildman–Crippen LogP) is 2.42. The molecule has 15 nitrogen and oxygen atoms in total. The Morgan fingerprint density at radius 1 is 0.941 bits per heavy atom. The molecule has 0 spiro atoms. The van der Waals surface area contributed by atoms with Crippen molar-refractivity contribution < 1.29 is 28.9 Å². The highest BCUT2D eigenvalue weighted by molar-refractivity contribution is 9.10. The number of alkyl halides is 2. The number of amides is 2. The summed E-state index contributed by atoms with van der Waals surface area (Å²) in [6.45, 7) is -0.261. The summed E-state index contributed by atoms with van der Waals surface area (Å²) in [4.78, 5) is 70.3. The molecule has 2 aromatic heterocycles. The number of nitrogens with zero attached hydrogens (tertiary/aromatic N) is 6. The molecule has 2 aromatic carbocycles. The van der Waals surface area contributed by atoms with E-state index in [1.165, 1.54) is 48.4 Å². The fourth-order valence-electron chi connectivity index (χ4n) is 7.62. The van der Waals surface area contributed by atoms with Crippen LogP contribution in [0.2, 0.25) is 0 Å². The van der Waals surface area contributed by atoms with Gasteiger partial charge in [0.05, 0.1) is 49.4 Å². The first-order valence-electron chi connectivity index (χ1n) is 15.6. The highest BCUT2D eigenvalue weighted by Gasteiger charge is 2.75. The van der Waals surface area contributed by atoms with E-state index in [4.69, 9.17) is 37.4 Å². The average molecular weight is 806 g/mol. The molecule has 4 aromatic rings. The second-order valence-electron chi connectivity index (χ2n) is 12.6. The number of carbonyl (C=O) groups is 2. The molecule has 268 valence electrons. The lowest BCUT2D eigenvalue weighted by Crippen LogP contribution is -2.59. The number of likely N-dealkylation sites (tertiary alicyclic amines) is 1. The fraction of sp³-hybridized carbons (Fsp3) is 0.394. The highest BCUT2D eigenvalue weighted by Crippen LogP contribution is 2.63. The van der Waals surface area contributed by atoms with Gasteiger partial charge in [-0.3, -0.25) is 19.3 Å². The zero-order valence-corrected chi connectivity index (χ0v) is 31.0. The van der Waals surface area contributed by atoms with Gasteiger partial charge < -0.3 is 23.9 Å². The molecular weight excluding hydrogens is 775 g/mol. The maximum atomic E-state index is 14.2. The Morgan fingerprint density at radius 2 is 1.61 bits per heavy atom. The maximum absolute atomic E-state index is 14.2. The van der Waals surface area contributed by atoms with E-state index in [0.717, 1.165) is 9.47 Å². The number of aryl methyl sites for hydroxylation is 2. The van der Waals surface area contributed by atoms with E-state index in [0.29, 0.717) is 33.7 Å². The Bertz CT molecular complexity index is 2420. The zero-order valence-electron chi connectivity index (χ0n) is 27.9. The average Bonchev–Trinajstić information content (AvgIpc) is 3.43. The molecule has 2 aliphatic heterocycles. The van der Waals surface area contributed by atoms with Crippen molar-refractivity contribution in [3.8, 4) is 23.0 Å². The Morgan fingerprint density at radius 3 is 2.27 bits per heavy atom. The van der Waals surface area contributed by atoms with Gasteiger partial charge in [-0.15, -0.1) is 23.2 Å². The van der Waals surface area contributed by atoms with E-state index in [9.17, 15) is 29.1 Å². The van der Waals surface area contributed by atoms with Crippen LogP contribution < -0.4 is 31.1 Å². The minimum Gasteiger partial charge on any atom is -0.503 e. The number of allylic oxidation sites excluding steroid dienone is 2. The van der Waals surface area contributed by atoms with Gasteiger partial charge in [-0.05, 0) is 39.2 Å². The summed E-state index contributed by atoms with van der Waals surface area (Å²) in [5.74, 6) is -1.88. The number of hydrogen-bond acceptors (Lipinski definition) is 10. The molecule has 51 heavy (non-hydrogen) atoms. The SMILES string of the molecule is COc1cc2nc(CCn3c(=O)n4n(c3=O)[C@@H]3C[C@@]5(Cl)C(=O)N(C)C(=O)[C@@]5(Cl)[C@@H](c5cc(Br)c(O)c(OC)c5)C3=CC4)c(=O)n(C)c2cc1OC. The Labute approximate surface area is 307 Å². The summed E-state index contributed by atoms with van der Waals surface area (Å²) in [5.41, 5.74) is 0.131. The normalized spacial score (nSPS) is 23.9. The number of phenols is 1. The smallest absolute Gasteiger partial charge is 0.347 e. The molecule has 0 radical (unpaired) electrons. The molecule has 3 aliphatic rings. The number of aromatic hydroxyl groups is 1. The molecule has 2 fully saturated rings. The molecular formula is C33H31BrCl2N6O9. The molecule has 2 amide bonds. The summed E-state index contributed by atoms with van der Waals surface area (Å²) < 4.78 is 21.2. The Kier molecular flexibility index (Phi) is 8.22.